The van der Waals surface area contributed by atoms with E-state index in [0.29, 0.717) is 5.92 Å². The largest absolute Gasteiger partial charge is 0.439 e. The molecule has 2 aromatic heterocycles. The van der Waals surface area contributed by atoms with Gasteiger partial charge in [-0.25, -0.2) is 0 Å². The maximum Gasteiger partial charge on any atom is 0.439 e. The molecule has 0 bridgehead atoms. The topological polar surface area (TPSA) is 12.7 Å². The number of nitrogens with zero attached hydrogens (tertiary/aromatic N) is 3. The molecular formula is C31H21N3+2. The summed E-state index contributed by atoms with van der Waals surface area (Å²) in [6.45, 7) is 0. The van der Waals surface area contributed by atoms with E-state index in [1.807, 2.05) is 0 Å². The summed E-state index contributed by atoms with van der Waals surface area (Å²) in [6.07, 6.45) is 9.96. The van der Waals surface area contributed by atoms with Gasteiger partial charge in [0.2, 0.25) is 11.9 Å². The quantitative estimate of drug-likeness (QED) is 0.321. The first kappa shape index (κ1) is 16.6. The Kier molecular flexibility index (Phi) is 2.48. The number of benzene rings is 3. The third kappa shape index (κ3) is 1.49. The van der Waals surface area contributed by atoms with Crippen molar-refractivity contribution in [2.75, 3.05) is 0 Å². The first-order valence-electron chi connectivity index (χ1n) is 12.4. The lowest BCUT2D eigenvalue weighted by Gasteiger charge is -2.42. The summed E-state index contributed by atoms with van der Waals surface area (Å²) in [7, 11) is 0. The van der Waals surface area contributed by atoms with E-state index in [2.05, 4.69) is 99.3 Å². The van der Waals surface area contributed by atoms with Crippen LogP contribution in [0.1, 0.15) is 67.2 Å². The summed E-state index contributed by atoms with van der Waals surface area (Å²) in [5.41, 5.74) is 17.6. The Morgan fingerprint density at radius 3 is 2.29 bits per heavy atom. The lowest BCUT2D eigenvalue weighted by Crippen LogP contribution is -2.78. The first-order chi connectivity index (χ1) is 16.9. The van der Waals surface area contributed by atoms with E-state index in [1.54, 1.807) is 11.1 Å². The summed E-state index contributed by atoms with van der Waals surface area (Å²) < 4.78 is 7.55. The Morgan fingerprint density at radius 2 is 1.35 bits per heavy atom. The molecule has 5 aromatic rings. The van der Waals surface area contributed by atoms with E-state index in [4.69, 9.17) is 0 Å². The van der Waals surface area contributed by atoms with Gasteiger partial charge in [0.05, 0.1) is 12.1 Å². The van der Waals surface area contributed by atoms with E-state index in [1.165, 1.54) is 55.9 Å². The molecule has 0 N–H and O–H groups in total. The molecule has 0 fully saturated rings. The summed E-state index contributed by atoms with van der Waals surface area (Å²) in [4.78, 5) is 0. The van der Waals surface area contributed by atoms with Gasteiger partial charge in [0.1, 0.15) is 16.8 Å². The number of hydrogen-bond acceptors (Lipinski definition) is 0. The zero-order valence-electron chi connectivity index (χ0n) is 18.6. The van der Waals surface area contributed by atoms with Gasteiger partial charge in [0, 0.05) is 24.1 Å². The van der Waals surface area contributed by atoms with E-state index in [-0.39, 0.29) is 5.66 Å². The maximum absolute atomic E-state index is 2.67. The second-order valence-electron chi connectivity index (χ2n) is 10.6. The van der Waals surface area contributed by atoms with Crippen LogP contribution in [0.2, 0.25) is 0 Å². The molecule has 2 aliphatic heterocycles. The van der Waals surface area contributed by atoms with Crippen molar-refractivity contribution >= 4 is 0 Å². The van der Waals surface area contributed by atoms with Crippen LogP contribution in [-0.2, 0) is 24.9 Å². The van der Waals surface area contributed by atoms with Gasteiger partial charge in [-0.2, -0.15) is 0 Å². The fourth-order valence-electron chi connectivity index (χ4n) is 8.29. The van der Waals surface area contributed by atoms with Crippen LogP contribution in [0.4, 0.5) is 0 Å². The van der Waals surface area contributed by atoms with Gasteiger partial charge in [0.25, 0.3) is 0 Å². The molecule has 0 radical (unpaired) electrons. The lowest BCUT2D eigenvalue weighted by atomic mass is 9.62. The number of aromatic nitrogens is 3. The molecule has 3 nitrogen and oxygen atoms in total. The molecule has 0 saturated carbocycles. The van der Waals surface area contributed by atoms with Crippen LogP contribution in [0.25, 0.3) is 5.69 Å². The molecule has 3 aliphatic carbocycles. The van der Waals surface area contributed by atoms with Gasteiger partial charge < -0.3 is 0 Å². The van der Waals surface area contributed by atoms with Crippen LogP contribution >= 0.6 is 0 Å². The van der Waals surface area contributed by atoms with Gasteiger partial charge in [-0.3, -0.25) is 0 Å². The standard InChI is InChI=1S/C31H21N3/c1-5-18-15-20-10-11-22-17-21-7-2-9-24-28(21)31(34-14-4-13-33(24)34)29(22)26(20)27-25(18)19(6-1)16-23-8-3-12-32(31)30(23)27/h1-14,27H,15-17H2/q+2. The molecule has 1 spiro atoms. The second kappa shape index (κ2) is 5.07. The van der Waals surface area contributed by atoms with Gasteiger partial charge in [-0.1, -0.05) is 42.5 Å². The summed E-state index contributed by atoms with van der Waals surface area (Å²) in [6, 6.07) is 25.6. The number of pyridine rings is 1. The van der Waals surface area contributed by atoms with Crippen molar-refractivity contribution in [1.82, 2.24) is 4.68 Å². The van der Waals surface area contributed by atoms with Crippen molar-refractivity contribution in [3.63, 3.8) is 0 Å². The molecule has 0 amide bonds. The molecule has 5 aliphatic rings. The van der Waals surface area contributed by atoms with Gasteiger partial charge in [0.15, 0.2) is 6.20 Å². The van der Waals surface area contributed by atoms with Crippen LogP contribution in [0.15, 0.2) is 85.3 Å². The third-order valence-electron chi connectivity index (χ3n) is 9.26. The third-order valence-corrected chi connectivity index (χ3v) is 9.26. The zero-order valence-corrected chi connectivity index (χ0v) is 18.6. The molecule has 3 heteroatoms. The highest BCUT2D eigenvalue weighted by molar-refractivity contribution is 5.69. The monoisotopic (exact) mass is 435 g/mol. The van der Waals surface area contributed by atoms with Crippen LogP contribution in [0.5, 0.6) is 0 Å². The molecule has 158 valence electrons. The van der Waals surface area contributed by atoms with Crippen molar-refractivity contribution in [2.24, 2.45) is 0 Å². The summed E-state index contributed by atoms with van der Waals surface area (Å²) >= 11 is 0. The molecule has 3 aromatic carbocycles. The molecule has 34 heavy (non-hydrogen) atoms. The van der Waals surface area contributed by atoms with Crippen molar-refractivity contribution in [3.05, 3.63) is 147 Å². The molecule has 0 saturated heterocycles. The van der Waals surface area contributed by atoms with Gasteiger partial charge in [-0.15, -0.1) is 9.25 Å². The Bertz CT molecular complexity index is 1790. The van der Waals surface area contributed by atoms with E-state index < -0.39 is 0 Å². The summed E-state index contributed by atoms with van der Waals surface area (Å²) in [5, 5.41) is 0. The van der Waals surface area contributed by atoms with Crippen LogP contribution in [0.3, 0.4) is 0 Å². The Balaban J connectivity index is 1.49. The van der Waals surface area contributed by atoms with Crippen LogP contribution in [0, 0.1) is 0 Å². The first-order valence-corrected chi connectivity index (χ1v) is 12.4. The normalized spacial score (nSPS) is 22.2. The Labute approximate surface area is 197 Å². The minimum absolute atomic E-state index is 0.332. The summed E-state index contributed by atoms with van der Waals surface area (Å²) in [5.74, 6) is 0.332. The average molecular weight is 436 g/mol. The highest BCUT2D eigenvalue weighted by atomic mass is 15.5. The average Bonchev–Trinajstić information content (AvgIpc) is 3.46. The van der Waals surface area contributed by atoms with Crippen molar-refractivity contribution in [2.45, 2.75) is 30.8 Å². The van der Waals surface area contributed by atoms with Gasteiger partial charge >= 0.3 is 5.66 Å². The molecule has 2 atom stereocenters. The van der Waals surface area contributed by atoms with Crippen molar-refractivity contribution in [1.29, 1.82) is 0 Å². The van der Waals surface area contributed by atoms with Crippen LogP contribution in [-0.4, -0.2) is 4.68 Å². The highest BCUT2D eigenvalue weighted by Crippen LogP contribution is 2.56. The fraction of sp³-hybridized carbons (Fsp3) is 0.161. The molecule has 10 rings (SSSR count). The van der Waals surface area contributed by atoms with E-state index in [0.717, 1.165) is 19.3 Å². The number of rotatable bonds is 0. The van der Waals surface area contributed by atoms with Crippen LogP contribution < -0.4 is 9.25 Å². The van der Waals surface area contributed by atoms with E-state index in [9.17, 15) is 0 Å². The number of hydrogen-bond donors (Lipinski definition) is 0. The lowest BCUT2D eigenvalue weighted by molar-refractivity contribution is -0.999. The zero-order chi connectivity index (χ0) is 21.8. The minimum Gasteiger partial charge on any atom is -0.127 e. The predicted molar refractivity (Wildman–Crippen MR) is 126 cm³/mol. The van der Waals surface area contributed by atoms with Crippen molar-refractivity contribution < 1.29 is 9.25 Å². The maximum atomic E-state index is 2.67. The highest BCUT2D eigenvalue weighted by Gasteiger charge is 2.70. The molecule has 4 heterocycles. The van der Waals surface area contributed by atoms with E-state index >= 15 is 0 Å². The number of fused-ring (bicyclic) bond motifs is 2. The smallest absolute Gasteiger partial charge is 0.127 e. The SMILES string of the molecule is c1cc2c3c(c1)Cc1ccc[n+]4c1C3c1c(ccc3c1C41c4c(cccc4-n4ccc[n+]41)C3)C2. The van der Waals surface area contributed by atoms with Crippen molar-refractivity contribution in [3.8, 4) is 5.69 Å². The second-order valence-corrected chi connectivity index (χ2v) is 10.6. The van der Waals surface area contributed by atoms with Gasteiger partial charge in [-0.05, 0) is 68.6 Å². The fourth-order valence-corrected chi connectivity index (χ4v) is 8.29. The molecule has 2 unspecified atom stereocenters. The predicted octanol–water partition coefficient (Wildman–Crippen LogP) is 3.87. The minimum atomic E-state index is -0.361. The Morgan fingerprint density at radius 1 is 0.647 bits per heavy atom. The Hall–Kier alpha value is -3.98. The molecular weight excluding hydrogens is 414 g/mol.